The summed E-state index contributed by atoms with van der Waals surface area (Å²) in [6.07, 6.45) is 5.77. The van der Waals surface area contributed by atoms with Gasteiger partial charge in [-0.2, -0.15) is 28.9 Å². The first kappa shape index (κ1) is 73.8. The van der Waals surface area contributed by atoms with Crippen molar-refractivity contribution in [2.24, 2.45) is 5.14 Å². The molecular weight excluding hydrogens is 1390 g/mol. The highest BCUT2D eigenvalue weighted by Gasteiger charge is 2.33. The fourth-order valence-corrected chi connectivity index (χ4v) is 17.6. The number of hydrogen-bond donors (Lipinski definition) is 5. The second-order valence-electron chi connectivity index (χ2n) is 24.7. The molecule has 1 amide bonds. The van der Waals surface area contributed by atoms with E-state index in [2.05, 4.69) is 57.8 Å². The number of rotatable bonds is 22. The summed E-state index contributed by atoms with van der Waals surface area (Å²) in [5.41, 5.74) is 12.6. The van der Waals surface area contributed by atoms with Gasteiger partial charge in [-0.05, 0) is 174 Å². The highest BCUT2D eigenvalue weighted by molar-refractivity contribution is 7.90. The summed E-state index contributed by atoms with van der Waals surface area (Å²) in [6.45, 7) is 11.1. The van der Waals surface area contributed by atoms with E-state index in [1.54, 1.807) is 36.4 Å². The van der Waals surface area contributed by atoms with Crippen LogP contribution in [0.5, 0.6) is 17.2 Å². The lowest BCUT2D eigenvalue weighted by Gasteiger charge is -2.16. The predicted molar refractivity (Wildman–Crippen MR) is 385 cm³/mol. The molecule has 3 aliphatic carbocycles. The summed E-state index contributed by atoms with van der Waals surface area (Å²) in [4.78, 5) is 18.7. The minimum Gasteiger partial charge on any atom is -0.490 e. The topological polar surface area (TPSA) is 369 Å². The molecule has 0 fully saturated rings. The monoisotopic (exact) mass is 1460 g/mol. The average molecular weight is 1460 g/mol. The third kappa shape index (κ3) is 18.0. The molecule has 3 aromatic heterocycles. The molecule has 0 radical (unpaired) electrons. The average Bonchev–Trinajstić information content (AvgIpc) is 1.64. The number of aliphatic hydroxyl groups is 1. The zero-order valence-corrected chi connectivity index (χ0v) is 60.8. The number of nitrogens with zero attached hydrogens (tertiary/aromatic N) is 9. The van der Waals surface area contributed by atoms with Crippen LogP contribution < -0.4 is 33.5 Å². The Morgan fingerprint density at radius 2 is 0.930 bits per heavy atom. The van der Waals surface area contributed by atoms with E-state index < -0.39 is 54.6 Å². The maximum atomic E-state index is 12.6. The van der Waals surface area contributed by atoms with Crippen molar-refractivity contribution in [3.05, 3.63) is 165 Å². The highest BCUT2D eigenvalue weighted by atomic mass is 32.2. The first-order valence-corrected chi connectivity index (χ1v) is 39.2. The molecule has 9 aromatic rings. The third-order valence-electron chi connectivity index (χ3n) is 16.1. The number of fused-ring (bicyclic) bond motifs is 3. The fraction of sp³-hybridized carbons (Fsp3) is 0.329. The van der Waals surface area contributed by atoms with Gasteiger partial charge < -0.3 is 24.2 Å². The Morgan fingerprint density at radius 3 is 1.32 bits per heavy atom. The van der Waals surface area contributed by atoms with Gasteiger partial charge in [-0.1, -0.05) is 77.3 Å². The molecule has 3 atom stereocenters. The maximum absolute atomic E-state index is 12.6. The number of carbonyl (C=O) groups is 1. The van der Waals surface area contributed by atoms with Crippen molar-refractivity contribution in [1.82, 2.24) is 44.4 Å². The standard InChI is InChI=1S/C25H27N5O4S2.C23H24N4O4S2.C22H22N4O3S2/c1-15(2)34-22-11-8-16(12-17(22)13-26)24-27-28-25(35-24)20-7-5-6-19-18(20)9-10-21(19)29-36(32,33)14-23(31)30(3)4;1-14(2)31-21-9-6-15(12-16(21)13-24)22-25-26-23(32-22)19-5-3-4-18-17(19)7-8-20(18)27-33(29,30)11-10-28;1-13(2)29-20-9-6-14(10-15(20)11-23)22-25-12-21(30-22)18-5-3-4-17-16(18)7-8-19(17)26-31(24,27)28/h5-8,11-12,15,21,29H,9-10,14H2,1-4H3;3-6,9,12,14,20,27-28H,7-8,10-11H2,1-2H3;3-6,9-10,12-13,19,26H,7-8H2,1-2H3,(H2,24,27,28)/t21-;20-;19-/m000/s1. The van der Waals surface area contributed by atoms with Crippen LogP contribution >= 0.6 is 34.0 Å². The minimum atomic E-state index is -3.78. The number of ether oxygens (including phenoxy) is 3. The summed E-state index contributed by atoms with van der Waals surface area (Å²) in [5.74, 6) is 0.256. The zero-order chi connectivity index (χ0) is 71.8. The van der Waals surface area contributed by atoms with Gasteiger partial charge in [0.05, 0.1) is 52.2 Å². The number of benzene rings is 6. The molecule has 3 aliphatic rings. The number of nitriles is 3. The van der Waals surface area contributed by atoms with Crippen molar-refractivity contribution in [3.63, 3.8) is 0 Å². The quantitative estimate of drug-likeness (QED) is 0.0421. The number of nitrogens with two attached hydrogens (primary N) is 1. The Morgan fingerprint density at radius 1 is 0.550 bits per heavy atom. The molecule has 100 heavy (non-hydrogen) atoms. The van der Waals surface area contributed by atoms with E-state index in [0.29, 0.717) is 81.1 Å². The van der Waals surface area contributed by atoms with Gasteiger partial charge in [0, 0.05) is 66.2 Å². The lowest BCUT2D eigenvalue weighted by Crippen LogP contribution is -2.37. The van der Waals surface area contributed by atoms with Crippen LogP contribution in [0.25, 0.3) is 63.3 Å². The second kappa shape index (κ2) is 31.7. The Bertz CT molecular complexity index is 5010. The number of aromatic nitrogens is 5. The summed E-state index contributed by atoms with van der Waals surface area (Å²) in [7, 11) is -8.05. The van der Waals surface area contributed by atoms with E-state index in [1.807, 2.05) is 121 Å². The molecule has 0 saturated carbocycles. The number of hydrogen-bond acceptors (Lipinski definition) is 22. The molecule has 0 aliphatic heterocycles. The van der Waals surface area contributed by atoms with Gasteiger partial charge in [0.1, 0.15) is 66.2 Å². The summed E-state index contributed by atoms with van der Waals surface area (Å²) >= 11 is 4.36. The van der Waals surface area contributed by atoms with E-state index in [4.69, 9.17) is 24.5 Å². The highest BCUT2D eigenvalue weighted by Crippen LogP contribution is 2.45. The van der Waals surface area contributed by atoms with E-state index in [0.717, 1.165) is 88.1 Å². The van der Waals surface area contributed by atoms with Gasteiger partial charge in [0.2, 0.25) is 26.0 Å². The van der Waals surface area contributed by atoms with Crippen LogP contribution in [-0.4, -0.2) is 117 Å². The van der Waals surface area contributed by atoms with Crippen molar-refractivity contribution >= 4 is 70.2 Å². The van der Waals surface area contributed by atoms with Crippen molar-refractivity contribution < 1.29 is 49.4 Å². The van der Waals surface area contributed by atoms with E-state index in [1.165, 1.54) is 53.0 Å². The molecule has 12 rings (SSSR count). The van der Waals surface area contributed by atoms with Gasteiger partial charge in [-0.15, -0.1) is 31.7 Å². The molecule has 24 nitrogen and oxygen atoms in total. The molecule has 0 saturated heterocycles. The number of thiazole rings is 1. The van der Waals surface area contributed by atoms with Crippen LogP contribution in [-0.2, 0) is 54.3 Å². The summed E-state index contributed by atoms with van der Waals surface area (Å²) in [6, 6.07) is 39.2. The molecule has 3 heterocycles. The molecule has 520 valence electrons. The minimum absolute atomic E-state index is 0.0165. The van der Waals surface area contributed by atoms with Gasteiger partial charge in [0.15, 0.2) is 0 Å². The number of aliphatic hydroxyl groups excluding tert-OH is 1. The second-order valence-corrected chi connectivity index (χ2v) is 32.6. The largest absolute Gasteiger partial charge is 0.490 e. The lowest BCUT2D eigenvalue weighted by molar-refractivity contribution is -0.126. The number of sulfonamides is 2. The molecule has 0 spiro atoms. The van der Waals surface area contributed by atoms with Crippen molar-refractivity contribution in [1.29, 1.82) is 15.8 Å². The normalized spacial score (nSPS) is 15.3. The van der Waals surface area contributed by atoms with E-state index in [-0.39, 0.29) is 36.1 Å². The molecule has 0 unspecified atom stereocenters. The van der Waals surface area contributed by atoms with E-state index >= 15 is 0 Å². The molecule has 6 N–H and O–H groups in total. The van der Waals surface area contributed by atoms with Crippen LogP contribution in [0.1, 0.15) is 129 Å². The van der Waals surface area contributed by atoms with Crippen LogP contribution in [0.3, 0.4) is 0 Å². The first-order chi connectivity index (χ1) is 47.6. The number of carbonyl (C=O) groups excluding carboxylic acids is 1. The smallest absolute Gasteiger partial charge is 0.274 e. The third-order valence-corrected chi connectivity index (χ3v) is 22.5. The predicted octanol–water partition coefficient (Wildman–Crippen LogP) is 10.9. The number of amides is 1. The molecule has 6 aromatic carbocycles. The number of nitrogens with one attached hydrogen (secondary N) is 3. The Hall–Kier alpha value is -8.94. The molecular formula is C70H73N13O11S6. The van der Waals surface area contributed by atoms with Crippen molar-refractivity contribution in [3.8, 4) is 98.8 Å². The summed E-state index contributed by atoms with van der Waals surface area (Å²) < 4.78 is 97.3. The van der Waals surface area contributed by atoms with Crippen molar-refractivity contribution in [2.45, 2.75) is 117 Å². The van der Waals surface area contributed by atoms with Crippen LogP contribution in [0.2, 0.25) is 0 Å². The Balaban J connectivity index is 0.000000162. The Labute approximate surface area is 593 Å². The van der Waals surface area contributed by atoms with E-state index in [9.17, 15) is 45.8 Å². The van der Waals surface area contributed by atoms with Gasteiger partial charge in [-0.25, -0.2) is 36.4 Å². The van der Waals surface area contributed by atoms with Gasteiger partial charge in [0.25, 0.3) is 10.2 Å². The molecule has 0 bridgehead atoms. The van der Waals surface area contributed by atoms with Gasteiger partial charge in [-0.3, -0.25) is 4.79 Å². The van der Waals surface area contributed by atoms with Gasteiger partial charge >= 0.3 is 0 Å². The zero-order valence-electron chi connectivity index (χ0n) is 55.9. The Kier molecular flexibility index (Phi) is 23.4. The SMILES string of the molecule is CC(C)Oc1ccc(-c2ncc(-c3cccc4c3CC[C@@H]4NS(N)(=O)=O)s2)cc1C#N.CC(C)Oc1ccc(-c2nnc(-c3cccc4c3CC[C@@H]4NS(=O)(=O)CC(=O)N(C)C)s2)cc1C#N.CC(C)Oc1ccc(-c2nnc(-c3cccc4c3CC[C@@H]4NS(=O)(=O)CCO)s2)cc1C#N. The fourth-order valence-electron chi connectivity index (χ4n) is 11.9. The van der Waals surface area contributed by atoms with Crippen molar-refractivity contribution in [2.75, 3.05) is 32.2 Å². The van der Waals surface area contributed by atoms with Crippen LogP contribution in [0.4, 0.5) is 0 Å². The van der Waals surface area contributed by atoms with Crippen LogP contribution in [0, 0.1) is 34.0 Å². The van der Waals surface area contributed by atoms with Crippen LogP contribution in [0.15, 0.2) is 115 Å². The first-order valence-electron chi connectivity index (χ1n) is 31.9. The summed E-state index contributed by atoms with van der Waals surface area (Å²) in [5, 5.41) is 63.8. The lowest BCUT2D eigenvalue weighted by atomic mass is 10.0. The maximum Gasteiger partial charge on any atom is 0.274 e. The molecule has 30 heteroatoms.